The van der Waals surface area contributed by atoms with Gasteiger partial charge in [-0.05, 0) is 12.1 Å². The normalized spacial score (nSPS) is 11.3. The van der Waals surface area contributed by atoms with E-state index in [1.807, 2.05) is 22.6 Å². The summed E-state index contributed by atoms with van der Waals surface area (Å²) >= 11 is 1.63. The van der Waals surface area contributed by atoms with Crippen LogP contribution in [0.2, 0.25) is 0 Å². The first-order valence-corrected chi connectivity index (χ1v) is 4.37. The van der Waals surface area contributed by atoms with Crippen LogP contribution in [0.25, 0.3) is 15.2 Å². The minimum absolute atomic E-state index is 0.899. The summed E-state index contributed by atoms with van der Waals surface area (Å²) in [4.78, 5) is 0.899. The molecule has 57 valence electrons. The van der Waals surface area contributed by atoms with Crippen LogP contribution in [-0.4, -0.2) is 14.6 Å². The van der Waals surface area contributed by atoms with Crippen molar-refractivity contribution in [2.24, 2.45) is 0 Å². The molecule has 1 aromatic carbocycles. The van der Waals surface area contributed by atoms with E-state index in [0.29, 0.717) is 0 Å². The average Bonchev–Trinajstić information content (AvgIpc) is 2.62. The maximum Gasteiger partial charge on any atom is 0.217 e. The maximum atomic E-state index is 3.93. The molecular formula is C8H4N3S. The Morgan fingerprint density at radius 1 is 1.33 bits per heavy atom. The molecule has 2 aromatic heterocycles. The monoisotopic (exact) mass is 174 g/mol. The van der Waals surface area contributed by atoms with Crippen LogP contribution in [-0.2, 0) is 0 Å². The van der Waals surface area contributed by atoms with Crippen LogP contribution in [0.4, 0.5) is 0 Å². The molecule has 0 N–H and O–H groups in total. The highest BCUT2D eigenvalue weighted by molar-refractivity contribution is 7.23. The van der Waals surface area contributed by atoms with E-state index < -0.39 is 0 Å². The summed E-state index contributed by atoms with van der Waals surface area (Å²) in [5, 5.41) is 7.64. The van der Waals surface area contributed by atoms with Gasteiger partial charge in [0.15, 0.2) is 0 Å². The molecule has 4 heteroatoms. The number of fused-ring (bicyclic) bond motifs is 3. The molecule has 0 aliphatic rings. The molecule has 0 aliphatic heterocycles. The van der Waals surface area contributed by atoms with Gasteiger partial charge in [-0.25, -0.2) is 0 Å². The van der Waals surface area contributed by atoms with Crippen LogP contribution in [0.1, 0.15) is 0 Å². The number of rotatable bonds is 0. The topological polar surface area (TPSA) is 30.2 Å². The number of hydrogen-bond acceptors (Lipinski definition) is 3. The second-order valence-corrected chi connectivity index (χ2v) is 3.50. The van der Waals surface area contributed by atoms with Gasteiger partial charge in [0, 0.05) is 0 Å². The molecule has 0 spiro atoms. The summed E-state index contributed by atoms with van der Waals surface area (Å²) in [6.07, 6.45) is 2.81. The summed E-state index contributed by atoms with van der Waals surface area (Å²) in [5.41, 5.74) is 1.13. The number of aromatic nitrogens is 3. The number of nitrogens with zero attached hydrogens (tertiary/aromatic N) is 3. The lowest BCUT2D eigenvalue weighted by molar-refractivity contribution is 1.10. The summed E-state index contributed by atoms with van der Waals surface area (Å²) in [5.74, 6) is 0. The van der Waals surface area contributed by atoms with Crippen molar-refractivity contribution in [3.63, 3.8) is 0 Å². The van der Waals surface area contributed by atoms with E-state index in [9.17, 15) is 0 Å². The minimum atomic E-state index is 0.899. The van der Waals surface area contributed by atoms with E-state index in [2.05, 4.69) is 22.6 Å². The van der Waals surface area contributed by atoms with Crippen LogP contribution in [0.15, 0.2) is 24.3 Å². The third-order valence-electron chi connectivity index (χ3n) is 1.78. The number of hydrogen-bond donors (Lipinski definition) is 0. The second-order valence-electron chi connectivity index (χ2n) is 2.49. The molecule has 0 fully saturated rings. The Kier molecular flexibility index (Phi) is 1.04. The Labute approximate surface area is 72.3 Å². The van der Waals surface area contributed by atoms with Crippen molar-refractivity contribution < 1.29 is 0 Å². The highest BCUT2D eigenvalue weighted by Gasteiger charge is 2.03. The van der Waals surface area contributed by atoms with E-state index in [1.54, 1.807) is 11.3 Å². The van der Waals surface area contributed by atoms with E-state index in [-0.39, 0.29) is 0 Å². The van der Waals surface area contributed by atoms with Crippen molar-refractivity contribution in [3.8, 4) is 0 Å². The second kappa shape index (κ2) is 2.04. The first kappa shape index (κ1) is 6.14. The fraction of sp³-hybridized carbons (Fsp3) is 0. The van der Waals surface area contributed by atoms with Gasteiger partial charge in [-0.1, -0.05) is 23.5 Å². The predicted molar refractivity (Wildman–Crippen MR) is 47.2 cm³/mol. The van der Waals surface area contributed by atoms with Gasteiger partial charge in [0.25, 0.3) is 0 Å². The predicted octanol–water partition coefficient (Wildman–Crippen LogP) is 1.74. The van der Waals surface area contributed by atoms with Gasteiger partial charge in [-0.2, -0.15) is 0 Å². The molecule has 0 unspecified atom stereocenters. The largest absolute Gasteiger partial charge is 0.263 e. The minimum Gasteiger partial charge on any atom is -0.263 e. The Balaban J connectivity index is 2.68. The van der Waals surface area contributed by atoms with Crippen molar-refractivity contribution in [1.29, 1.82) is 0 Å². The molecule has 2 heterocycles. The number of thiazole rings is 1. The molecule has 0 saturated carbocycles. The first-order valence-electron chi connectivity index (χ1n) is 3.55. The van der Waals surface area contributed by atoms with Gasteiger partial charge >= 0.3 is 0 Å². The molecule has 0 saturated heterocycles. The molecule has 12 heavy (non-hydrogen) atoms. The van der Waals surface area contributed by atoms with Gasteiger partial charge in [0.05, 0.1) is 10.2 Å². The molecule has 3 aromatic rings. The van der Waals surface area contributed by atoms with Crippen molar-refractivity contribution in [2.75, 3.05) is 0 Å². The van der Waals surface area contributed by atoms with Gasteiger partial charge < -0.3 is 0 Å². The molecule has 3 rings (SSSR count). The van der Waals surface area contributed by atoms with Crippen LogP contribution in [0, 0.1) is 6.33 Å². The van der Waals surface area contributed by atoms with Gasteiger partial charge in [-0.15, -0.1) is 10.2 Å². The summed E-state index contributed by atoms with van der Waals surface area (Å²) in [6, 6.07) is 8.13. The molecular weight excluding hydrogens is 170 g/mol. The molecule has 1 radical (unpaired) electrons. The zero-order chi connectivity index (χ0) is 7.97. The van der Waals surface area contributed by atoms with Crippen LogP contribution in [0.3, 0.4) is 0 Å². The third kappa shape index (κ3) is 0.648. The molecule has 0 bridgehead atoms. The fourth-order valence-corrected chi connectivity index (χ4v) is 2.17. The van der Waals surface area contributed by atoms with E-state index in [0.717, 1.165) is 10.5 Å². The quantitative estimate of drug-likeness (QED) is 0.519. The molecule has 0 amide bonds. The molecule has 3 nitrogen and oxygen atoms in total. The Bertz CT molecular complexity index is 536. The Hall–Kier alpha value is -1.42. The lowest BCUT2D eigenvalue weighted by Crippen LogP contribution is -1.75. The first-order chi connectivity index (χ1) is 5.95. The zero-order valence-corrected chi connectivity index (χ0v) is 6.88. The van der Waals surface area contributed by atoms with Gasteiger partial charge in [0.1, 0.15) is 0 Å². The zero-order valence-electron chi connectivity index (χ0n) is 6.06. The Morgan fingerprint density at radius 2 is 2.25 bits per heavy atom. The fourth-order valence-electron chi connectivity index (χ4n) is 1.25. The number of benzene rings is 1. The van der Waals surface area contributed by atoms with Crippen molar-refractivity contribution >= 4 is 26.5 Å². The van der Waals surface area contributed by atoms with Crippen LogP contribution in [0.5, 0.6) is 0 Å². The maximum absolute atomic E-state index is 3.93. The lowest BCUT2D eigenvalue weighted by Gasteiger charge is -1.85. The highest BCUT2D eigenvalue weighted by Crippen LogP contribution is 2.23. The molecule has 0 atom stereocenters. The highest BCUT2D eigenvalue weighted by atomic mass is 32.1. The smallest absolute Gasteiger partial charge is 0.217 e. The van der Waals surface area contributed by atoms with Crippen molar-refractivity contribution in [2.45, 2.75) is 0 Å². The average molecular weight is 174 g/mol. The summed E-state index contributed by atoms with van der Waals surface area (Å²) < 4.78 is 3.10. The third-order valence-corrected chi connectivity index (χ3v) is 2.79. The lowest BCUT2D eigenvalue weighted by atomic mass is 10.3. The SMILES string of the molecule is [c]1nnc2sc3ccccc3n12. The summed E-state index contributed by atoms with van der Waals surface area (Å²) in [6.45, 7) is 0. The summed E-state index contributed by atoms with van der Waals surface area (Å²) in [7, 11) is 0. The van der Waals surface area contributed by atoms with Gasteiger partial charge in [0.2, 0.25) is 11.3 Å². The molecule has 0 aliphatic carbocycles. The van der Waals surface area contributed by atoms with E-state index >= 15 is 0 Å². The standard InChI is InChI=1S/C8H4N3S/c1-2-4-7-6(3-1)11-5-9-10-8(11)12-7/h1-4H. The van der Waals surface area contributed by atoms with E-state index in [4.69, 9.17) is 0 Å². The van der Waals surface area contributed by atoms with Crippen LogP contribution >= 0.6 is 11.3 Å². The Morgan fingerprint density at radius 3 is 3.25 bits per heavy atom. The number of para-hydroxylation sites is 1. The van der Waals surface area contributed by atoms with Crippen molar-refractivity contribution in [3.05, 3.63) is 30.6 Å². The van der Waals surface area contributed by atoms with Crippen molar-refractivity contribution in [1.82, 2.24) is 14.6 Å². The van der Waals surface area contributed by atoms with Gasteiger partial charge in [-0.3, -0.25) is 4.40 Å². The van der Waals surface area contributed by atoms with E-state index in [1.165, 1.54) is 4.70 Å². The van der Waals surface area contributed by atoms with Crippen LogP contribution < -0.4 is 0 Å².